The van der Waals surface area contributed by atoms with Gasteiger partial charge in [-0.3, -0.25) is 4.79 Å². The van der Waals surface area contributed by atoms with E-state index in [1.807, 2.05) is 13.8 Å². The van der Waals surface area contributed by atoms with Gasteiger partial charge in [0.15, 0.2) is 0 Å². The maximum absolute atomic E-state index is 13.0. The Labute approximate surface area is 94.4 Å². The number of carbonyl (C=O) groups is 1. The first kappa shape index (κ1) is 11.1. The molecule has 1 aliphatic carbocycles. The SMILES string of the molecule is Cc1cc(OC2CC(=O)C2(C)C)ccc1F. The molecule has 0 saturated heterocycles. The summed E-state index contributed by atoms with van der Waals surface area (Å²) >= 11 is 0. The molecule has 1 aliphatic rings. The second-order valence-corrected chi connectivity index (χ2v) is 4.87. The standard InChI is InChI=1S/C13H15FO2/c1-8-6-9(4-5-10(8)14)16-12-7-11(15)13(12,2)3/h4-6,12H,7H2,1-3H3. The fraction of sp³-hybridized carbons (Fsp3) is 0.462. The van der Waals surface area contributed by atoms with Crippen molar-refractivity contribution in [3.05, 3.63) is 29.6 Å². The van der Waals surface area contributed by atoms with Gasteiger partial charge in [-0.05, 0) is 44.5 Å². The number of ether oxygens (including phenoxy) is 1. The molecule has 86 valence electrons. The monoisotopic (exact) mass is 222 g/mol. The van der Waals surface area contributed by atoms with Crippen LogP contribution in [-0.2, 0) is 4.79 Å². The summed E-state index contributed by atoms with van der Waals surface area (Å²) in [6.07, 6.45) is 0.355. The van der Waals surface area contributed by atoms with Gasteiger partial charge in [0.1, 0.15) is 23.5 Å². The van der Waals surface area contributed by atoms with Gasteiger partial charge < -0.3 is 4.74 Å². The van der Waals surface area contributed by atoms with Crippen molar-refractivity contribution < 1.29 is 13.9 Å². The van der Waals surface area contributed by atoms with Crippen molar-refractivity contribution in [3.8, 4) is 5.75 Å². The molecule has 1 unspecified atom stereocenters. The Morgan fingerprint density at radius 1 is 1.44 bits per heavy atom. The summed E-state index contributed by atoms with van der Waals surface area (Å²) in [5.41, 5.74) is 0.142. The molecule has 0 amide bonds. The van der Waals surface area contributed by atoms with Gasteiger partial charge >= 0.3 is 0 Å². The Morgan fingerprint density at radius 2 is 2.12 bits per heavy atom. The molecule has 1 aromatic carbocycles. The average molecular weight is 222 g/mol. The van der Waals surface area contributed by atoms with Crippen LogP contribution in [0.4, 0.5) is 4.39 Å². The largest absolute Gasteiger partial charge is 0.489 e. The molecule has 0 radical (unpaired) electrons. The smallest absolute Gasteiger partial charge is 0.145 e. The Hall–Kier alpha value is -1.38. The number of hydrogen-bond donors (Lipinski definition) is 0. The Kier molecular flexibility index (Phi) is 2.49. The molecule has 0 heterocycles. The fourth-order valence-electron chi connectivity index (χ4n) is 1.78. The van der Waals surface area contributed by atoms with Crippen LogP contribution in [-0.4, -0.2) is 11.9 Å². The summed E-state index contributed by atoms with van der Waals surface area (Å²) in [5, 5.41) is 0. The molecule has 1 fully saturated rings. The van der Waals surface area contributed by atoms with Gasteiger partial charge in [0.25, 0.3) is 0 Å². The summed E-state index contributed by atoms with van der Waals surface area (Å²) in [6, 6.07) is 4.65. The maximum Gasteiger partial charge on any atom is 0.145 e. The average Bonchev–Trinajstić information content (AvgIpc) is 2.23. The lowest BCUT2D eigenvalue weighted by molar-refractivity contribution is -0.148. The minimum atomic E-state index is -0.414. The van der Waals surface area contributed by atoms with Gasteiger partial charge in [0.05, 0.1) is 5.41 Å². The van der Waals surface area contributed by atoms with Gasteiger partial charge in [-0.15, -0.1) is 0 Å². The van der Waals surface area contributed by atoms with Crippen molar-refractivity contribution in [1.82, 2.24) is 0 Å². The van der Waals surface area contributed by atoms with E-state index in [1.54, 1.807) is 19.1 Å². The van der Waals surface area contributed by atoms with Crippen molar-refractivity contribution in [2.45, 2.75) is 33.3 Å². The quantitative estimate of drug-likeness (QED) is 0.769. The normalized spacial score (nSPS) is 22.8. The van der Waals surface area contributed by atoms with Crippen LogP contribution in [0.5, 0.6) is 5.75 Å². The third-order valence-electron chi connectivity index (χ3n) is 3.30. The number of halogens is 1. The van der Waals surface area contributed by atoms with Crippen molar-refractivity contribution in [2.24, 2.45) is 5.41 Å². The highest BCUT2D eigenvalue weighted by Crippen LogP contribution is 2.39. The van der Waals surface area contributed by atoms with Crippen LogP contribution in [0.1, 0.15) is 25.8 Å². The van der Waals surface area contributed by atoms with E-state index in [0.717, 1.165) is 0 Å². The minimum absolute atomic E-state index is 0.0927. The molecule has 0 spiro atoms. The molecule has 3 heteroatoms. The Bertz CT molecular complexity index is 438. The van der Waals surface area contributed by atoms with E-state index in [1.165, 1.54) is 6.07 Å². The van der Waals surface area contributed by atoms with Crippen molar-refractivity contribution in [2.75, 3.05) is 0 Å². The highest BCUT2D eigenvalue weighted by molar-refractivity contribution is 5.91. The van der Waals surface area contributed by atoms with Crippen LogP contribution >= 0.6 is 0 Å². The number of carbonyl (C=O) groups excluding carboxylic acids is 1. The summed E-state index contributed by atoms with van der Waals surface area (Å²) in [7, 11) is 0. The summed E-state index contributed by atoms with van der Waals surface area (Å²) in [4.78, 5) is 11.3. The van der Waals surface area contributed by atoms with Gasteiger partial charge in [-0.1, -0.05) is 0 Å². The van der Waals surface area contributed by atoms with Crippen LogP contribution < -0.4 is 4.74 Å². The summed E-state index contributed by atoms with van der Waals surface area (Å²) in [6.45, 7) is 5.44. The Balaban J connectivity index is 2.11. The molecule has 1 aromatic rings. The fourth-order valence-corrected chi connectivity index (χ4v) is 1.78. The molecule has 1 atom stereocenters. The van der Waals surface area contributed by atoms with Crippen LogP contribution in [0.15, 0.2) is 18.2 Å². The van der Waals surface area contributed by atoms with Gasteiger partial charge in [0.2, 0.25) is 0 Å². The number of benzene rings is 1. The summed E-state index contributed by atoms with van der Waals surface area (Å²) < 4.78 is 18.7. The summed E-state index contributed by atoms with van der Waals surface area (Å²) in [5.74, 6) is 0.608. The van der Waals surface area contributed by atoms with Crippen molar-refractivity contribution in [1.29, 1.82) is 0 Å². The van der Waals surface area contributed by atoms with E-state index in [2.05, 4.69) is 0 Å². The highest BCUT2D eigenvalue weighted by Gasteiger charge is 2.49. The first-order chi connectivity index (χ1) is 7.41. The maximum atomic E-state index is 13.0. The van der Waals surface area contributed by atoms with E-state index >= 15 is 0 Å². The third kappa shape index (κ3) is 1.70. The molecule has 0 bridgehead atoms. The van der Waals surface area contributed by atoms with Crippen LogP contribution in [0.25, 0.3) is 0 Å². The lowest BCUT2D eigenvalue weighted by atomic mass is 9.68. The predicted octanol–water partition coefficient (Wildman–Crippen LogP) is 2.88. The van der Waals surface area contributed by atoms with E-state index in [4.69, 9.17) is 4.74 Å². The lowest BCUT2D eigenvalue weighted by Gasteiger charge is -2.41. The first-order valence-electron chi connectivity index (χ1n) is 5.37. The molecule has 1 saturated carbocycles. The van der Waals surface area contributed by atoms with Gasteiger partial charge in [0, 0.05) is 6.42 Å². The second-order valence-electron chi connectivity index (χ2n) is 4.87. The van der Waals surface area contributed by atoms with Crippen LogP contribution in [0.3, 0.4) is 0 Å². The molecule has 0 aliphatic heterocycles. The molecule has 0 aromatic heterocycles. The zero-order chi connectivity index (χ0) is 11.9. The zero-order valence-corrected chi connectivity index (χ0v) is 9.71. The number of aryl methyl sites for hydroxylation is 1. The van der Waals surface area contributed by atoms with Gasteiger partial charge in [-0.25, -0.2) is 4.39 Å². The predicted molar refractivity (Wildman–Crippen MR) is 59.0 cm³/mol. The minimum Gasteiger partial charge on any atom is -0.489 e. The number of rotatable bonds is 2. The Morgan fingerprint density at radius 3 is 2.62 bits per heavy atom. The molecular weight excluding hydrogens is 207 g/mol. The molecular formula is C13H15FO2. The molecule has 16 heavy (non-hydrogen) atoms. The topological polar surface area (TPSA) is 26.3 Å². The molecule has 2 rings (SSSR count). The van der Waals surface area contributed by atoms with Crippen LogP contribution in [0, 0.1) is 18.2 Å². The highest BCUT2D eigenvalue weighted by atomic mass is 19.1. The van der Waals surface area contributed by atoms with E-state index < -0.39 is 5.41 Å². The molecule has 0 N–H and O–H groups in total. The first-order valence-corrected chi connectivity index (χ1v) is 5.37. The zero-order valence-electron chi connectivity index (χ0n) is 9.71. The number of hydrogen-bond acceptors (Lipinski definition) is 2. The lowest BCUT2D eigenvalue weighted by Crippen LogP contribution is -2.52. The van der Waals surface area contributed by atoms with Crippen molar-refractivity contribution in [3.63, 3.8) is 0 Å². The number of Topliss-reactive ketones (excluding diaryl/α,β-unsaturated/α-hetero) is 1. The van der Waals surface area contributed by atoms with E-state index in [9.17, 15) is 9.18 Å². The van der Waals surface area contributed by atoms with Crippen molar-refractivity contribution >= 4 is 5.78 Å². The third-order valence-corrected chi connectivity index (χ3v) is 3.30. The molecule has 2 nitrogen and oxygen atoms in total. The van der Waals surface area contributed by atoms with Gasteiger partial charge in [-0.2, -0.15) is 0 Å². The van der Waals surface area contributed by atoms with Crippen LogP contribution in [0.2, 0.25) is 0 Å². The number of ketones is 1. The second kappa shape index (κ2) is 3.58. The van der Waals surface area contributed by atoms with E-state index in [-0.39, 0.29) is 17.7 Å². The van der Waals surface area contributed by atoms with E-state index in [0.29, 0.717) is 17.7 Å².